The van der Waals surface area contributed by atoms with Gasteiger partial charge in [0.2, 0.25) is 5.82 Å². The van der Waals surface area contributed by atoms with Gasteiger partial charge in [-0.05, 0) is 29.5 Å². The van der Waals surface area contributed by atoms with Crippen LogP contribution in [0, 0.1) is 0 Å². The fourth-order valence-electron chi connectivity index (χ4n) is 1.13. The van der Waals surface area contributed by atoms with E-state index < -0.39 is 0 Å². The Morgan fingerprint density at radius 1 is 1.33 bits per heavy atom. The molecule has 5 nitrogen and oxygen atoms in total. The highest BCUT2D eigenvalue weighted by atomic mass is 79.9. The van der Waals surface area contributed by atoms with Gasteiger partial charge in [0, 0.05) is 17.1 Å². The molecule has 15 heavy (non-hydrogen) atoms. The lowest BCUT2D eigenvalue weighted by atomic mass is 10.2. The molecule has 2 aromatic rings. The van der Waals surface area contributed by atoms with E-state index in [0.29, 0.717) is 12.6 Å². The number of tetrazole rings is 1. The summed E-state index contributed by atoms with van der Waals surface area (Å²) >= 11 is 3.37. The lowest BCUT2D eigenvalue weighted by Crippen LogP contribution is -2.03. The van der Waals surface area contributed by atoms with E-state index in [1.54, 1.807) is 7.11 Å². The number of nitrogens with zero attached hydrogens (tertiary/aromatic N) is 4. The second-order valence-electron chi connectivity index (χ2n) is 2.91. The van der Waals surface area contributed by atoms with E-state index in [1.165, 1.54) is 4.80 Å². The maximum absolute atomic E-state index is 4.89. The Hall–Kier alpha value is -1.27. The van der Waals surface area contributed by atoms with Gasteiger partial charge in [-0.15, -0.1) is 15.0 Å². The summed E-state index contributed by atoms with van der Waals surface area (Å²) in [5.74, 6) is 0.597. The third kappa shape index (κ3) is 2.40. The number of ether oxygens (including phenoxy) is 1. The molecule has 0 unspecified atom stereocenters. The minimum atomic E-state index is 0.309. The Morgan fingerprint density at radius 3 is 2.73 bits per heavy atom. The van der Waals surface area contributed by atoms with Crippen LogP contribution >= 0.6 is 15.9 Å². The molecule has 2 rings (SSSR count). The van der Waals surface area contributed by atoms with Gasteiger partial charge in [-0.2, -0.15) is 0 Å². The monoisotopic (exact) mass is 268 g/mol. The number of hydrogen-bond acceptors (Lipinski definition) is 4. The van der Waals surface area contributed by atoms with Crippen molar-refractivity contribution >= 4 is 15.9 Å². The van der Waals surface area contributed by atoms with Crippen LogP contribution in [0.5, 0.6) is 0 Å². The molecule has 0 fully saturated rings. The normalized spacial score (nSPS) is 10.5. The summed E-state index contributed by atoms with van der Waals surface area (Å²) in [6.07, 6.45) is 0. The van der Waals surface area contributed by atoms with Gasteiger partial charge in [-0.1, -0.05) is 15.9 Å². The van der Waals surface area contributed by atoms with Crippen LogP contribution in [-0.4, -0.2) is 27.3 Å². The van der Waals surface area contributed by atoms with Crippen LogP contribution in [0.1, 0.15) is 0 Å². The zero-order chi connectivity index (χ0) is 10.7. The van der Waals surface area contributed by atoms with Gasteiger partial charge >= 0.3 is 0 Å². The average molecular weight is 269 g/mol. The number of benzene rings is 1. The van der Waals surface area contributed by atoms with Gasteiger partial charge < -0.3 is 4.74 Å². The Bertz CT molecular complexity index is 440. The molecule has 0 bridgehead atoms. The molecule has 0 aliphatic carbocycles. The van der Waals surface area contributed by atoms with E-state index in [0.717, 1.165) is 10.0 Å². The van der Waals surface area contributed by atoms with Crippen LogP contribution in [0.4, 0.5) is 0 Å². The number of methoxy groups -OCH3 is 1. The van der Waals surface area contributed by atoms with Crippen molar-refractivity contribution in [3.8, 4) is 11.4 Å². The van der Waals surface area contributed by atoms with E-state index in [-0.39, 0.29) is 0 Å². The SMILES string of the molecule is COCn1nnc(-c2ccc(Br)cc2)n1. The predicted octanol–water partition coefficient (Wildman–Crippen LogP) is 1.71. The van der Waals surface area contributed by atoms with Crippen LogP contribution in [0.2, 0.25) is 0 Å². The summed E-state index contributed by atoms with van der Waals surface area (Å²) in [6, 6.07) is 7.73. The minimum absolute atomic E-state index is 0.309. The molecule has 0 spiro atoms. The third-order valence-electron chi connectivity index (χ3n) is 1.80. The summed E-state index contributed by atoms with van der Waals surface area (Å²) in [7, 11) is 1.59. The quantitative estimate of drug-likeness (QED) is 0.851. The first-order chi connectivity index (χ1) is 7.29. The van der Waals surface area contributed by atoms with Gasteiger partial charge in [-0.25, -0.2) is 0 Å². The fraction of sp³-hybridized carbons (Fsp3) is 0.222. The molecule has 0 radical (unpaired) electrons. The van der Waals surface area contributed by atoms with Crippen molar-refractivity contribution in [3.05, 3.63) is 28.7 Å². The van der Waals surface area contributed by atoms with Gasteiger partial charge in [0.1, 0.15) is 0 Å². The van der Waals surface area contributed by atoms with Gasteiger partial charge in [0.15, 0.2) is 6.73 Å². The largest absolute Gasteiger partial charge is 0.361 e. The first-order valence-electron chi connectivity index (χ1n) is 4.32. The van der Waals surface area contributed by atoms with Crippen molar-refractivity contribution in [2.24, 2.45) is 0 Å². The molecular formula is C9H9BrN4O. The van der Waals surface area contributed by atoms with Crippen molar-refractivity contribution in [2.75, 3.05) is 7.11 Å². The molecule has 1 aromatic heterocycles. The predicted molar refractivity (Wildman–Crippen MR) is 58.0 cm³/mol. The Kier molecular flexibility index (Phi) is 3.08. The van der Waals surface area contributed by atoms with Crippen molar-refractivity contribution in [1.82, 2.24) is 20.2 Å². The average Bonchev–Trinajstić information content (AvgIpc) is 2.68. The van der Waals surface area contributed by atoms with E-state index in [2.05, 4.69) is 31.3 Å². The zero-order valence-electron chi connectivity index (χ0n) is 8.09. The number of halogens is 1. The van der Waals surface area contributed by atoms with E-state index in [9.17, 15) is 0 Å². The highest BCUT2D eigenvalue weighted by molar-refractivity contribution is 9.10. The molecule has 1 aromatic carbocycles. The maximum atomic E-state index is 4.89. The lowest BCUT2D eigenvalue weighted by molar-refractivity contribution is 0.107. The molecule has 0 saturated carbocycles. The fourth-order valence-corrected chi connectivity index (χ4v) is 1.39. The Morgan fingerprint density at radius 2 is 2.07 bits per heavy atom. The van der Waals surface area contributed by atoms with Crippen LogP contribution in [0.3, 0.4) is 0 Å². The van der Waals surface area contributed by atoms with Gasteiger partial charge in [0.25, 0.3) is 0 Å². The first kappa shape index (κ1) is 10.3. The topological polar surface area (TPSA) is 52.8 Å². The molecule has 1 heterocycles. The zero-order valence-corrected chi connectivity index (χ0v) is 9.68. The van der Waals surface area contributed by atoms with Crippen molar-refractivity contribution in [1.29, 1.82) is 0 Å². The molecule has 0 aliphatic rings. The maximum Gasteiger partial charge on any atom is 0.205 e. The standard InChI is InChI=1S/C9H9BrN4O/c1-15-6-14-12-9(11-13-14)7-2-4-8(10)5-3-7/h2-5H,6H2,1H3. The Labute approximate surface area is 95.2 Å². The smallest absolute Gasteiger partial charge is 0.205 e. The second kappa shape index (κ2) is 4.50. The van der Waals surface area contributed by atoms with Crippen molar-refractivity contribution < 1.29 is 4.74 Å². The molecule has 0 amide bonds. The van der Waals surface area contributed by atoms with Crippen LogP contribution < -0.4 is 0 Å². The summed E-state index contributed by atoms with van der Waals surface area (Å²) in [5, 5.41) is 11.9. The Balaban J connectivity index is 2.25. The second-order valence-corrected chi connectivity index (χ2v) is 3.83. The van der Waals surface area contributed by atoms with Crippen LogP contribution in [0.25, 0.3) is 11.4 Å². The molecule has 0 atom stereocenters. The highest BCUT2D eigenvalue weighted by Gasteiger charge is 2.04. The molecule has 0 aliphatic heterocycles. The van der Waals surface area contributed by atoms with Gasteiger partial charge in [0.05, 0.1) is 0 Å². The van der Waals surface area contributed by atoms with Crippen LogP contribution in [0.15, 0.2) is 28.7 Å². The summed E-state index contributed by atoms with van der Waals surface area (Å²) < 4.78 is 5.91. The van der Waals surface area contributed by atoms with E-state index in [1.807, 2.05) is 24.3 Å². The van der Waals surface area contributed by atoms with Crippen LogP contribution in [-0.2, 0) is 11.5 Å². The summed E-state index contributed by atoms with van der Waals surface area (Å²) in [5.41, 5.74) is 0.931. The highest BCUT2D eigenvalue weighted by Crippen LogP contribution is 2.17. The van der Waals surface area contributed by atoms with Crippen molar-refractivity contribution in [2.45, 2.75) is 6.73 Å². The summed E-state index contributed by atoms with van der Waals surface area (Å²) in [4.78, 5) is 1.40. The van der Waals surface area contributed by atoms with E-state index >= 15 is 0 Å². The molecular weight excluding hydrogens is 260 g/mol. The minimum Gasteiger partial charge on any atom is -0.361 e. The van der Waals surface area contributed by atoms with Gasteiger partial charge in [-0.3, -0.25) is 0 Å². The number of aromatic nitrogens is 4. The summed E-state index contributed by atoms with van der Waals surface area (Å²) in [6.45, 7) is 0.309. The molecule has 0 N–H and O–H groups in total. The lowest BCUT2D eigenvalue weighted by Gasteiger charge is -1.95. The number of hydrogen-bond donors (Lipinski definition) is 0. The van der Waals surface area contributed by atoms with Crippen molar-refractivity contribution in [3.63, 3.8) is 0 Å². The van der Waals surface area contributed by atoms with E-state index in [4.69, 9.17) is 4.74 Å². The molecule has 0 saturated heterocycles. The first-order valence-corrected chi connectivity index (χ1v) is 5.11. The molecule has 6 heteroatoms. The molecule has 78 valence electrons. The number of rotatable bonds is 3. The third-order valence-corrected chi connectivity index (χ3v) is 2.33.